The van der Waals surface area contributed by atoms with Crippen molar-refractivity contribution in [3.05, 3.63) is 35.2 Å². The summed E-state index contributed by atoms with van der Waals surface area (Å²) < 4.78 is 0. The number of hydrogen-bond acceptors (Lipinski definition) is 5. The van der Waals surface area contributed by atoms with E-state index in [9.17, 15) is 4.79 Å². The minimum Gasteiger partial charge on any atom is -0.382 e. The van der Waals surface area contributed by atoms with Crippen molar-refractivity contribution in [2.24, 2.45) is 0 Å². The normalized spacial score (nSPS) is 10.3. The highest BCUT2D eigenvalue weighted by molar-refractivity contribution is 7.18. The van der Waals surface area contributed by atoms with E-state index in [2.05, 4.69) is 4.98 Å². The molecular weight excluding hydrogens is 272 g/mol. The molecule has 2 N–H and O–H groups in total. The number of carbonyl (C=O) groups excluding carboxylic acids is 1. The van der Waals surface area contributed by atoms with Gasteiger partial charge in [0.1, 0.15) is 10.7 Å². The molecule has 2 aromatic rings. The van der Waals surface area contributed by atoms with Gasteiger partial charge in [0.25, 0.3) is 5.91 Å². The van der Waals surface area contributed by atoms with Crippen LogP contribution in [0.2, 0.25) is 0 Å². The molecule has 20 heavy (non-hydrogen) atoms. The monoisotopic (exact) mass is 290 g/mol. The molecule has 0 unspecified atom stereocenters. The summed E-state index contributed by atoms with van der Waals surface area (Å²) in [5, 5.41) is 0.731. The van der Waals surface area contributed by atoms with Crippen LogP contribution in [0.3, 0.4) is 0 Å². The Kier molecular flexibility index (Phi) is 4.24. The minimum atomic E-state index is -0.109. The molecular formula is C14H18N4OS. The van der Waals surface area contributed by atoms with Crippen LogP contribution in [-0.2, 0) is 0 Å². The summed E-state index contributed by atoms with van der Waals surface area (Å²) in [7, 11) is 3.75. The first kappa shape index (κ1) is 14.3. The second-order valence-corrected chi connectivity index (χ2v) is 5.47. The molecule has 0 aliphatic carbocycles. The van der Waals surface area contributed by atoms with Gasteiger partial charge >= 0.3 is 0 Å². The molecule has 6 heteroatoms. The molecule has 0 aliphatic heterocycles. The lowest BCUT2D eigenvalue weighted by Gasteiger charge is -2.20. The zero-order chi connectivity index (χ0) is 14.7. The highest BCUT2D eigenvalue weighted by Gasteiger charge is 2.22. The maximum Gasteiger partial charge on any atom is 0.272 e. The first-order chi connectivity index (χ1) is 9.54. The Morgan fingerprint density at radius 2 is 1.95 bits per heavy atom. The van der Waals surface area contributed by atoms with E-state index in [0.29, 0.717) is 11.4 Å². The van der Waals surface area contributed by atoms with Crippen LogP contribution >= 0.6 is 11.3 Å². The van der Waals surface area contributed by atoms with Gasteiger partial charge in [0, 0.05) is 26.3 Å². The minimum absolute atomic E-state index is 0.109. The maximum atomic E-state index is 12.6. The van der Waals surface area contributed by atoms with Gasteiger partial charge < -0.3 is 15.5 Å². The number of benzene rings is 1. The van der Waals surface area contributed by atoms with Crippen LogP contribution < -0.4 is 15.5 Å². The zero-order valence-corrected chi connectivity index (χ0v) is 12.6. The standard InChI is InChI=1S/C14H18N4OS/c1-4-18(10-8-6-5-7-9-10)13(19)11-12(15)16-14(20-11)17(2)3/h5-9H,4,15H2,1-3H3. The predicted octanol–water partition coefficient (Wildman–Crippen LogP) is 2.46. The summed E-state index contributed by atoms with van der Waals surface area (Å²) in [4.78, 5) is 20.9. The average Bonchev–Trinajstić information content (AvgIpc) is 2.83. The largest absolute Gasteiger partial charge is 0.382 e. The molecule has 0 saturated carbocycles. The van der Waals surface area contributed by atoms with Gasteiger partial charge in [0.05, 0.1) is 0 Å². The second-order valence-electron chi connectivity index (χ2n) is 4.49. The van der Waals surface area contributed by atoms with Crippen molar-refractivity contribution < 1.29 is 4.79 Å². The van der Waals surface area contributed by atoms with Crippen molar-refractivity contribution in [1.82, 2.24) is 4.98 Å². The lowest BCUT2D eigenvalue weighted by Crippen LogP contribution is -2.30. The fourth-order valence-corrected chi connectivity index (χ4v) is 2.70. The van der Waals surface area contributed by atoms with E-state index in [1.54, 1.807) is 4.90 Å². The molecule has 1 amide bonds. The first-order valence-corrected chi connectivity index (χ1v) is 7.16. The molecule has 106 valence electrons. The molecule has 1 aromatic heterocycles. The predicted molar refractivity (Wildman–Crippen MR) is 84.6 cm³/mol. The van der Waals surface area contributed by atoms with Crippen molar-refractivity contribution in [2.45, 2.75) is 6.92 Å². The summed E-state index contributed by atoms with van der Waals surface area (Å²) in [6.45, 7) is 2.52. The van der Waals surface area contributed by atoms with E-state index in [-0.39, 0.29) is 11.7 Å². The smallest absolute Gasteiger partial charge is 0.272 e. The van der Waals surface area contributed by atoms with Crippen molar-refractivity contribution in [2.75, 3.05) is 36.2 Å². The number of aromatic nitrogens is 1. The maximum absolute atomic E-state index is 12.6. The number of amides is 1. The van der Waals surface area contributed by atoms with Gasteiger partial charge in [-0.15, -0.1) is 0 Å². The van der Waals surface area contributed by atoms with Crippen LogP contribution in [0.25, 0.3) is 0 Å². The number of para-hydroxylation sites is 1. The third-order valence-electron chi connectivity index (χ3n) is 2.85. The summed E-state index contributed by atoms with van der Waals surface area (Å²) in [5.74, 6) is 0.180. The third kappa shape index (κ3) is 2.75. The Hall–Kier alpha value is -2.08. The van der Waals surface area contributed by atoms with Gasteiger partial charge in [0.2, 0.25) is 0 Å². The van der Waals surface area contributed by atoms with E-state index in [1.807, 2.05) is 56.3 Å². The van der Waals surface area contributed by atoms with E-state index < -0.39 is 0 Å². The first-order valence-electron chi connectivity index (χ1n) is 6.35. The Balaban J connectivity index is 2.34. The molecule has 1 aromatic carbocycles. The van der Waals surface area contributed by atoms with Crippen molar-refractivity contribution >= 4 is 33.9 Å². The molecule has 1 heterocycles. The van der Waals surface area contributed by atoms with Crippen LogP contribution in [-0.4, -0.2) is 31.5 Å². The van der Waals surface area contributed by atoms with Crippen molar-refractivity contribution in [3.8, 4) is 0 Å². The molecule has 0 saturated heterocycles. The summed E-state index contributed by atoms with van der Waals surface area (Å²) >= 11 is 1.31. The van der Waals surface area contributed by atoms with Gasteiger partial charge in [-0.3, -0.25) is 4.79 Å². The summed E-state index contributed by atoms with van der Waals surface area (Å²) in [5.41, 5.74) is 6.74. The number of nitrogens with two attached hydrogens (primary N) is 1. The highest BCUT2D eigenvalue weighted by Crippen LogP contribution is 2.29. The lowest BCUT2D eigenvalue weighted by atomic mass is 10.2. The van der Waals surface area contributed by atoms with Gasteiger partial charge in [-0.1, -0.05) is 29.5 Å². The van der Waals surface area contributed by atoms with Crippen molar-refractivity contribution in [3.63, 3.8) is 0 Å². The number of thiazole rings is 1. The lowest BCUT2D eigenvalue weighted by molar-refractivity contribution is 0.0993. The van der Waals surface area contributed by atoms with Crippen LogP contribution in [0.15, 0.2) is 30.3 Å². The number of nitrogen functional groups attached to an aromatic ring is 1. The van der Waals surface area contributed by atoms with E-state index >= 15 is 0 Å². The van der Waals surface area contributed by atoms with Crippen LogP contribution in [0.4, 0.5) is 16.6 Å². The van der Waals surface area contributed by atoms with E-state index in [0.717, 1.165) is 10.8 Å². The molecule has 5 nitrogen and oxygen atoms in total. The van der Waals surface area contributed by atoms with Gasteiger partial charge in [-0.25, -0.2) is 4.98 Å². The number of nitrogens with zero attached hydrogens (tertiary/aromatic N) is 3. The number of carbonyl (C=O) groups is 1. The van der Waals surface area contributed by atoms with Crippen molar-refractivity contribution in [1.29, 1.82) is 0 Å². The Morgan fingerprint density at radius 1 is 1.30 bits per heavy atom. The quantitative estimate of drug-likeness (QED) is 0.939. The summed E-state index contributed by atoms with van der Waals surface area (Å²) in [6, 6.07) is 9.56. The third-order valence-corrected chi connectivity index (χ3v) is 4.08. The summed E-state index contributed by atoms with van der Waals surface area (Å²) in [6.07, 6.45) is 0. The number of anilines is 3. The van der Waals surface area contributed by atoms with Crippen LogP contribution in [0, 0.1) is 0 Å². The molecule has 0 bridgehead atoms. The molecule has 2 rings (SSSR count). The van der Waals surface area contributed by atoms with E-state index in [4.69, 9.17) is 5.73 Å². The van der Waals surface area contributed by atoms with Crippen LogP contribution in [0.5, 0.6) is 0 Å². The second kappa shape index (κ2) is 5.92. The fraction of sp³-hybridized carbons (Fsp3) is 0.286. The Bertz CT molecular complexity index is 594. The van der Waals surface area contributed by atoms with Crippen LogP contribution in [0.1, 0.15) is 16.6 Å². The topological polar surface area (TPSA) is 62.5 Å². The SMILES string of the molecule is CCN(C(=O)c1sc(N(C)C)nc1N)c1ccccc1. The molecule has 0 spiro atoms. The Labute approximate surface area is 122 Å². The van der Waals surface area contributed by atoms with Gasteiger partial charge in [0.15, 0.2) is 5.13 Å². The molecule has 0 radical (unpaired) electrons. The molecule has 0 aliphatic rings. The highest BCUT2D eigenvalue weighted by atomic mass is 32.1. The molecule has 0 atom stereocenters. The van der Waals surface area contributed by atoms with Gasteiger partial charge in [-0.05, 0) is 19.1 Å². The fourth-order valence-electron chi connectivity index (χ4n) is 1.84. The zero-order valence-electron chi connectivity index (χ0n) is 11.8. The van der Waals surface area contributed by atoms with E-state index in [1.165, 1.54) is 11.3 Å². The average molecular weight is 290 g/mol. The molecule has 0 fully saturated rings. The number of rotatable bonds is 4. The van der Waals surface area contributed by atoms with Gasteiger partial charge in [-0.2, -0.15) is 0 Å². The number of hydrogen-bond donors (Lipinski definition) is 1. The Morgan fingerprint density at radius 3 is 2.45 bits per heavy atom.